The molecular formula is C14H19N3O3. The van der Waals surface area contributed by atoms with Gasteiger partial charge in [-0.05, 0) is 19.1 Å². The number of carbonyl (C=O) groups is 1. The number of amides is 1. The average molecular weight is 277 g/mol. The van der Waals surface area contributed by atoms with Crippen LogP contribution in [0.3, 0.4) is 0 Å². The summed E-state index contributed by atoms with van der Waals surface area (Å²) in [4.78, 5) is 16.0. The van der Waals surface area contributed by atoms with Gasteiger partial charge in [-0.2, -0.15) is 0 Å². The second kappa shape index (κ2) is 6.91. The third-order valence-electron chi connectivity index (χ3n) is 2.92. The van der Waals surface area contributed by atoms with Crippen molar-refractivity contribution in [2.45, 2.75) is 39.4 Å². The van der Waals surface area contributed by atoms with Crippen LogP contribution in [0.2, 0.25) is 0 Å². The second-order valence-corrected chi connectivity index (χ2v) is 4.47. The number of aromatic nitrogens is 1. The molecule has 0 aliphatic rings. The molecule has 0 fully saturated rings. The molecule has 1 unspecified atom stereocenters. The first-order valence-electron chi connectivity index (χ1n) is 6.66. The molecule has 0 spiro atoms. The summed E-state index contributed by atoms with van der Waals surface area (Å²) in [6, 6.07) is 3.27. The fraction of sp³-hybridized carbons (Fsp3) is 0.429. The normalized spacial score (nSPS) is 12.3. The maximum Gasteiger partial charge on any atom is 0.237 e. The fourth-order valence-corrected chi connectivity index (χ4v) is 1.67. The molecule has 1 atom stereocenters. The summed E-state index contributed by atoms with van der Waals surface area (Å²) in [7, 11) is 0. The van der Waals surface area contributed by atoms with Gasteiger partial charge in [-0.25, -0.2) is 4.98 Å². The minimum absolute atomic E-state index is 0.0938. The average Bonchev–Trinajstić information content (AvgIpc) is 3.13. The summed E-state index contributed by atoms with van der Waals surface area (Å²) in [5.41, 5.74) is 0. The van der Waals surface area contributed by atoms with E-state index < -0.39 is 0 Å². The Kier molecular flexibility index (Phi) is 4.95. The highest BCUT2D eigenvalue weighted by atomic mass is 16.4. The molecule has 0 aliphatic carbocycles. The minimum atomic E-state index is -0.332. The third kappa shape index (κ3) is 3.96. The van der Waals surface area contributed by atoms with E-state index >= 15 is 0 Å². The molecule has 2 N–H and O–H groups in total. The van der Waals surface area contributed by atoms with Crippen LogP contribution in [0.5, 0.6) is 0 Å². The minimum Gasteiger partial charge on any atom is -0.467 e. The van der Waals surface area contributed by atoms with E-state index in [4.69, 9.17) is 8.83 Å². The van der Waals surface area contributed by atoms with Gasteiger partial charge in [0.15, 0.2) is 0 Å². The Hall–Kier alpha value is -2.08. The summed E-state index contributed by atoms with van der Waals surface area (Å²) in [6.45, 7) is 4.61. The van der Waals surface area contributed by atoms with E-state index in [2.05, 4.69) is 15.6 Å². The Balaban J connectivity index is 1.73. The van der Waals surface area contributed by atoms with E-state index in [1.807, 2.05) is 13.0 Å². The molecule has 6 heteroatoms. The molecule has 0 radical (unpaired) electrons. The van der Waals surface area contributed by atoms with Gasteiger partial charge < -0.3 is 14.2 Å². The van der Waals surface area contributed by atoms with Crippen molar-refractivity contribution in [2.24, 2.45) is 0 Å². The zero-order valence-electron chi connectivity index (χ0n) is 11.7. The lowest BCUT2D eigenvalue weighted by molar-refractivity contribution is -0.123. The summed E-state index contributed by atoms with van der Waals surface area (Å²) < 4.78 is 10.6. The van der Waals surface area contributed by atoms with E-state index in [9.17, 15) is 4.79 Å². The summed E-state index contributed by atoms with van der Waals surface area (Å²) in [5.74, 6) is 2.07. The fourth-order valence-electron chi connectivity index (χ4n) is 1.67. The summed E-state index contributed by atoms with van der Waals surface area (Å²) >= 11 is 0. The second-order valence-electron chi connectivity index (χ2n) is 4.47. The number of furan rings is 1. The van der Waals surface area contributed by atoms with Gasteiger partial charge in [0.2, 0.25) is 11.8 Å². The first kappa shape index (κ1) is 14.3. The predicted molar refractivity (Wildman–Crippen MR) is 72.7 cm³/mol. The number of hydrogen-bond donors (Lipinski definition) is 2. The molecule has 0 saturated carbocycles. The lowest BCUT2D eigenvalue weighted by Gasteiger charge is -2.12. The van der Waals surface area contributed by atoms with Gasteiger partial charge in [0.05, 0.1) is 31.6 Å². The Labute approximate surface area is 117 Å². The Morgan fingerprint density at radius 2 is 2.25 bits per heavy atom. The van der Waals surface area contributed by atoms with Crippen LogP contribution in [0.1, 0.15) is 31.3 Å². The van der Waals surface area contributed by atoms with Crippen molar-refractivity contribution in [1.82, 2.24) is 15.6 Å². The highest BCUT2D eigenvalue weighted by Crippen LogP contribution is 2.04. The number of aryl methyl sites for hydroxylation is 1. The van der Waals surface area contributed by atoms with Crippen molar-refractivity contribution in [3.63, 3.8) is 0 Å². The van der Waals surface area contributed by atoms with Crippen molar-refractivity contribution >= 4 is 5.91 Å². The topological polar surface area (TPSA) is 80.3 Å². The first-order valence-corrected chi connectivity index (χ1v) is 6.66. The van der Waals surface area contributed by atoms with Gasteiger partial charge in [0, 0.05) is 6.42 Å². The van der Waals surface area contributed by atoms with E-state index in [-0.39, 0.29) is 11.9 Å². The predicted octanol–water partition coefficient (Wildman–Crippen LogP) is 1.62. The molecule has 2 rings (SSSR count). The van der Waals surface area contributed by atoms with Gasteiger partial charge in [0.25, 0.3) is 0 Å². The van der Waals surface area contributed by atoms with Crippen LogP contribution in [0.15, 0.2) is 33.4 Å². The number of rotatable bonds is 7. The molecule has 0 aromatic carbocycles. The molecule has 2 aromatic heterocycles. The summed E-state index contributed by atoms with van der Waals surface area (Å²) in [5, 5.41) is 5.86. The van der Waals surface area contributed by atoms with E-state index in [0.29, 0.717) is 19.0 Å². The quantitative estimate of drug-likeness (QED) is 0.804. The smallest absolute Gasteiger partial charge is 0.237 e. The number of nitrogens with one attached hydrogen (secondary N) is 2. The van der Waals surface area contributed by atoms with Crippen molar-refractivity contribution in [2.75, 3.05) is 0 Å². The van der Waals surface area contributed by atoms with Crippen LogP contribution in [0, 0.1) is 0 Å². The third-order valence-corrected chi connectivity index (χ3v) is 2.92. The lowest BCUT2D eigenvalue weighted by atomic mass is 10.3. The number of nitrogens with zero attached hydrogens (tertiary/aromatic N) is 1. The van der Waals surface area contributed by atoms with Gasteiger partial charge >= 0.3 is 0 Å². The van der Waals surface area contributed by atoms with E-state index in [1.54, 1.807) is 25.5 Å². The molecule has 0 saturated heterocycles. The molecule has 2 aromatic rings. The number of carbonyl (C=O) groups excluding carboxylic acids is 1. The Morgan fingerprint density at radius 1 is 1.40 bits per heavy atom. The van der Waals surface area contributed by atoms with Gasteiger partial charge in [0.1, 0.15) is 11.5 Å². The van der Waals surface area contributed by atoms with Crippen LogP contribution in [-0.4, -0.2) is 16.9 Å². The van der Waals surface area contributed by atoms with Gasteiger partial charge in [-0.15, -0.1) is 0 Å². The molecular weight excluding hydrogens is 258 g/mol. The SMILES string of the molecule is CCc1cnc(CNC(C)C(=O)NCc2ccco2)o1. The Morgan fingerprint density at radius 3 is 2.90 bits per heavy atom. The van der Waals surface area contributed by atoms with E-state index in [1.165, 1.54) is 0 Å². The van der Waals surface area contributed by atoms with Crippen molar-refractivity contribution < 1.29 is 13.6 Å². The monoisotopic (exact) mass is 277 g/mol. The zero-order chi connectivity index (χ0) is 14.4. The van der Waals surface area contributed by atoms with Crippen LogP contribution < -0.4 is 10.6 Å². The van der Waals surface area contributed by atoms with Gasteiger partial charge in [-0.3, -0.25) is 10.1 Å². The molecule has 0 bridgehead atoms. The molecule has 20 heavy (non-hydrogen) atoms. The number of hydrogen-bond acceptors (Lipinski definition) is 5. The largest absolute Gasteiger partial charge is 0.467 e. The molecule has 108 valence electrons. The molecule has 6 nitrogen and oxygen atoms in total. The van der Waals surface area contributed by atoms with Crippen molar-refractivity contribution in [3.05, 3.63) is 42.0 Å². The zero-order valence-corrected chi connectivity index (χ0v) is 11.7. The molecule has 2 heterocycles. The number of oxazole rings is 1. The highest BCUT2D eigenvalue weighted by molar-refractivity contribution is 5.81. The van der Waals surface area contributed by atoms with Crippen LogP contribution >= 0.6 is 0 Å². The van der Waals surface area contributed by atoms with Crippen LogP contribution in [-0.2, 0) is 24.3 Å². The lowest BCUT2D eigenvalue weighted by Crippen LogP contribution is -2.41. The van der Waals surface area contributed by atoms with E-state index in [0.717, 1.165) is 17.9 Å². The van der Waals surface area contributed by atoms with Crippen LogP contribution in [0.4, 0.5) is 0 Å². The molecule has 0 aliphatic heterocycles. The van der Waals surface area contributed by atoms with Crippen LogP contribution in [0.25, 0.3) is 0 Å². The highest BCUT2D eigenvalue weighted by Gasteiger charge is 2.13. The molecule has 1 amide bonds. The van der Waals surface area contributed by atoms with Crippen molar-refractivity contribution in [3.8, 4) is 0 Å². The maximum atomic E-state index is 11.9. The maximum absolute atomic E-state index is 11.9. The summed E-state index contributed by atoms with van der Waals surface area (Å²) in [6.07, 6.45) is 4.10. The first-order chi connectivity index (χ1) is 9.69. The van der Waals surface area contributed by atoms with Gasteiger partial charge in [-0.1, -0.05) is 6.92 Å². The van der Waals surface area contributed by atoms with Crippen molar-refractivity contribution in [1.29, 1.82) is 0 Å². The Bertz CT molecular complexity index is 534. The standard InChI is InChI=1S/C14H19N3O3/c1-3-11-7-16-13(20-11)9-15-10(2)14(18)17-8-12-5-4-6-19-12/h4-7,10,15H,3,8-9H2,1-2H3,(H,17,18).